The molecule has 1 aliphatic rings. The molecule has 174 valence electrons. The Morgan fingerprint density at radius 3 is 2.63 bits per heavy atom. The first kappa shape index (κ1) is 22.0. The largest absolute Gasteiger partial charge is 0.351 e. The Morgan fingerprint density at radius 1 is 0.857 bits per heavy atom. The average Bonchev–Trinajstić information content (AvgIpc) is 3.73. The predicted octanol–water partition coefficient (Wildman–Crippen LogP) is 3.85. The van der Waals surface area contributed by atoms with Crippen LogP contribution in [0, 0.1) is 0 Å². The van der Waals surface area contributed by atoms with Crippen LogP contribution in [0.3, 0.4) is 0 Å². The van der Waals surface area contributed by atoms with E-state index in [1.54, 1.807) is 29.6 Å². The zero-order valence-electron chi connectivity index (χ0n) is 19.0. The molecule has 35 heavy (non-hydrogen) atoms. The van der Waals surface area contributed by atoms with Gasteiger partial charge >= 0.3 is 0 Å². The van der Waals surface area contributed by atoms with Gasteiger partial charge in [0.15, 0.2) is 11.3 Å². The molecule has 0 aliphatic carbocycles. The maximum atomic E-state index is 4.02. The van der Waals surface area contributed by atoms with Crippen molar-refractivity contribution >= 4 is 22.3 Å². The SMILES string of the molecule is c1cc2n(c1)CCC2.c1cc2nc[nH]c2cn1.c1ccn2cnnc2c1.c1ccn2ncnc2c1. The minimum Gasteiger partial charge on any atom is -0.351 e. The molecule has 10 nitrogen and oxygen atoms in total. The Bertz CT molecular complexity index is 1340. The lowest BCUT2D eigenvalue weighted by Gasteiger charge is -1.90. The van der Waals surface area contributed by atoms with Gasteiger partial charge < -0.3 is 9.55 Å². The number of aryl methyl sites for hydroxylation is 2. The van der Waals surface area contributed by atoms with Crippen molar-refractivity contribution in [2.24, 2.45) is 0 Å². The first-order valence-corrected chi connectivity index (χ1v) is 11.2. The van der Waals surface area contributed by atoms with E-state index in [1.807, 2.05) is 59.3 Å². The number of nitrogens with zero attached hydrogens (tertiary/aromatic N) is 9. The van der Waals surface area contributed by atoms with Crippen LogP contribution in [0.15, 0.2) is 105 Å². The first-order valence-electron chi connectivity index (χ1n) is 11.2. The van der Waals surface area contributed by atoms with Gasteiger partial charge in [-0.05, 0) is 55.3 Å². The molecule has 0 bridgehead atoms. The van der Waals surface area contributed by atoms with Crippen LogP contribution in [0.25, 0.3) is 22.3 Å². The van der Waals surface area contributed by atoms with Gasteiger partial charge in [-0.25, -0.2) is 14.5 Å². The second-order valence-electron chi connectivity index (χ2n) is 7.65. The molecule has 0 saturated carbocycles. The number of hydrogen-bond acceptors (Lipinski definition) is 6. The summed E-state index contributed by atoms with van der Waals surface area (Å²) < 4.78 is 5.90. The van der Waals surface area contributed by atoms with Crippen molar-refractivity contribution in [3.8, 4) is 0 Å². The van der Waals surface area contributed by atoms with Crippen molar-refractivity contribution < 1.29 is 0 Å². The maximum Gasteiger partial charge on any atom is 0.160 e. The monoisotopic (exact) mass is 464 g/mol. The fourth-order valence-electron chi connectivity index (χ4n) is 3.64. The van der Waals surface area contributed by atoms with Crippen molar-refractivity contribution in [1.82, 2.24) is 48.7 Å². The number of aromatic amines is 1. The molecule has 8 heterocycles. The van der Waals surface area contributed by atoms with Crippen LogP contribution >= 0.6 is 0 Å². The number of aromatic nitrogens is 10. The molecule has 1 N–H and O–H groups in total. The lowest BCUT2D eigenvalue weighted by atomic mass is 10.3. The highest BCUT2D eigenvalue weighted by Gasteiger charge is 2.06. The van der Waals surface area contributed by atoms with Gasteiger partial charge in [0.05, 0.1) is 23.6 Å². The number of hydrogen-bond donors (Lipinski definition) is 1. The van der Waals surface area contributed by atoms with Gasteiger partial charge in [-0.1, -0.05) is 12.1 Å². The highest BCUT2D eigenvalue weighted by molar-refractivity contribution is 5.72. The Labute approximate surface area is 201 Å². The first-order chi connectivity index (χ1) is 17.4. The Balaban J connectivity index is 0.0000000967. The standard InChI is InChI=1S/C7H9N.3C6H5N3/c1-3-7-4-2-6-8(7)5-1;1-2-7-3-6-5(1)8-4-9-6;1-2-4-9-5-7-8-6(9)3-1;1-2-4-9-6(3-1)7-5-8-9/h1,3,5H,2,4,6H2;1-4H,(H,8,9);2*1-5H. The number of imidazole rings is 1. The summed E-state index contributed by atoms with van der Waals surface area (Å²) in [5.74, 6) is 0. The van der Waals surface area contributed by atoms with E-state index >= 15 is 0 Å². The number of H-pyrrole nitrogens is 1. The Hall–Kier alpha value is -4.86. The molecular formula is C25H24N10. The molecule has 7 aromatic heterocycles. The van der Waals surface area contributed by atoms with E-state index in [0.29, 0.717) is 0 Å². The second kappa shape index (κ2) is 10.8. The quantitative estimate of drug-likeness (QED) is 0.365. The minimum atomic E-state index is 0.887. The summed E-state index contributed by atoms with van der Waals surface area (Å²) in [7, 11) is 0. The average molecular weight is 465 g/mol. The Kier molecular flexibility index (Phi) is 6.80. The molecule has 0 fully saturated rings. The molecule has 0 spiro atoms. The van der Waals surface area contributed by atoms with E-state index in [2.05, 4.69) is 58.1 Å². The number of rotatable bonds is 0. The lowest BCUT2D eigenvalue weighted by molar-refractivity contribution is 0.750. The summed E-state index contributed by atoms with van der Waals surface area (Å²) >= 11 is 0. The third-order valence-electron chi connectivity index (χ3n) is 5.37. The molecule has 0 radical (unpaired) electrons. The zero-order chi connectivity index (χ0) is 23.7. The molecule has 8 rings (SSSR count). The van der Waals surface area contributed by atoms with Crippen LogP contribution in [0.2, 0.25) is 0 Å². The molecule has 0 unspecified atom stereocenters. The van der Waals surface area contributed by atoms with E-state index in [1.165, 1.54) is 31.4 Å². The summed E-state index contributed by atoms with van der Waals surface area (Å²) in [4.78, 5) is 14.9. The van der Waals surface area contributed by atoms with Crippen LogP contribution in [0.1, 0.15) is 12.1 Å². The summed E-state index contributed by atoms with van der Waals surface area (Å²) in [6.07, 6.45) is 16.9. The normalized spacial score (nSPS) is 11.7. The van der Waals surface area contributed by atoms with Gasteiger partial charge in [-0.15, -0.1) is 10.2 Å². The van der Waals surface area contributed by atoms with E-state index in [0.717, 1.165) is 22.3 Å². The van der Waals surface area contributed by atoms with Crippen molar-refractivity contribution in [3.05, 3.63) is 110 Å². The van der Waals surface area contributed by atoms with Gasteiger partial charge in [0.2, 0.25) is 0 Å². The van der Waals surface area contributed by atoms with Crippen molar-refractivity contribution in [2.75, 3.05) is 0 Å². The smallest absolute Gasteiger partial charge is 0.160 e. The molecule has 7 aromatic rings. The third kappa shape index (κ3) is 5.56. The van der Waals surface area contributed by atoms with E-state index in [4.69, 9.17) is 0 Å². The van der Waals surface area contributed by atoms with E-state index in [9.17, 15) is 0 Å². The fraction of sp³-hybridized carbons (Fsp3) is 0.120. The van der Waals surface area contributed by atoms with Crippen LogP contribution in [-0.4, -0.2) is 48.7 Å². The summed E-state index contributed by atoms with van der Waals surface area (Å²) in [5, 5.41) is 11.5. The van der Waals surface area contributed by atoms with Crippen LogP contribution in [0.4, 0.5) is 0 Å². The fourth-order valence-corrected chi connectivity index (χ4v) is 3.64. The summed E-state index contributed by atoms with van der Waals surface area (Å²) in [6, 6.07) is 17.7. The predicted molar refractivity (Wildman–Crippen MR) is 133 cm³/mol. The highest BCUT2D eigenvalue weighted by atomic mass is 15.3. The summed E-state index contributed by atoms with van der Waals surface area (Å²) in [5.41, 5.74) is 5.22. The minimum absolute atomic E-state index is 0.887. The van der Waals surface area contributed by atoms with Gasteiger partial charge in [-0.3, -0.25) is 9.38 Å². The van der Waals surface area contributed by atoms with E-state index in [-0.39, 0.29) is 0 Å². The highest BCUT2D eigenvalue weighted by Crippen LogP contribution is 2.13. The maximum absolute atomic E-state index is 4.02. The Morgan fingerprint density at radius 2 is 1.77 bits per heavy atom. The van der Waals surface area contributed by atoms with Gasteiger partial charge in [0.1, 0.15) is 12.7 Å². The van der Waals surface area contributed by atoms with Crippen LogP contribution in [0.5, 0.6) is 0 Å². The van der Waals surface area contributed by atoms with Crippen LogP contribution < -0.4 is 0 Å². The van der Waals surface area contributed by atoms with Gasteiger partial charge in [-0.2, -0.15) is 5.10 Å². The molecule has 0 amide bonds. The van der Waals surface area contributed by atoms with Gasteiger partial charge in [0.25, 0.3) is 0 Å². The van der Waals surface area contributed by atoms with Gasteiger partial charge in [0, 0.05) is 37.0 Å². The van der Waals surface area contributed by atoms with Crippen molar-refractivity contribution in [1.29, 1.82) is 0 Å². The molecule has 0 atom stereocenters. The van der Waals surface area contributed by atoms with Crippen molar-refractivity contribution in [3.63, 3.8) is 0 Å². The second-order valence-corrected chi connectivity index (χ2v) is 7.65. The summed E-state index contributed by atoms with van der Waals surface area (Å²) in [6.45, 7) is 1.24. The van der Waals surface area contributed by atoms with Crippen LogP contribution in [-0.2, 0) is 13.0 Å². The molecule has 0 saturated heterocycles. The molecule has 1 aliphatic heterocycles. The molecule has 0 aromatic carbocycles. The number of nitrogens with one attached hydrogen (secondary N) is 1. The number of fused-ring (bicyclic) bond motifs is 4. The third-order valence-corrected chi connectivity index (χ3v) is 5.37. The van der Waals surface area contributed by atoms with E-state index < -0.39 is 0 Å². The zero-order valence-corrected chi connectivity index (χ0v) is 19.0. The number of pyridine rings is 3. The molecular weight excluding hydrogens is 440 g/mol. The molecule has 10 heteroatoms. The lowest BCUT2D eigenvalue weighted by Crippen LogP contribution is -1.86. The van der Waals surface area contributed by atoms with Crippen molar-refractivity contribution in [2.45, 2.75) is 19.4 Å². The topological polar surface area (TPSA) is 107 Å².